The van der Waals surface area contributed by atoms with E-state index in [9.17, 15) is 4.79 Å². The highest BCUT2D eigenvalue weighted by molar-refractivity contribution is 6.04. The summed E-state index contributed by atoms with van der Waals surface area (Å²) >= 11 is 0. The van der Waals surface area contributed by atoms with Gasteiger partial charge in [-0.05, 0) is 18.9 Å². The molecule has 0 bridgehead atoms. The van der Waals surface area contributed by atoms with Crippen LogP contribution in [0.15, 0.2) is 24.3 Å². The number of benzene rings is 1. The fourth-order valence-corrected chi connectivity index (χ4v) is 2.72. The molecule has 112 valence electrons. The summed E-state index contributed by atoms with van der Waals surface area (Å²) in [5, 5.41) is 16.7. The van der Waals surface area contributed by atoms with Gasteiger partial charge < -0.3 is 14.7 Å². The van der Waals surface area contributed by atoms with Gasteiger partial charge in [-0.2, -0.15) is 5.10 Å². The molecule has 2 heterocycles. The Hall–Kier alpha value is -1.92. The first-order valence-corrected chi connectivity index (χ1v) is 7.24. The topological polar surface area (TPSA) is 78.5 Å². The number of H-pyrrole nitrogens is 1. The van der Waals surface area contributed by atoms with Crippen molar-refractivity contribution in [3.63, 3.8) is 0 Å². The van der Waals surface area contributed by atoms with Crippen molar-refractivity contribution in [1.82, 2.24) is 15.1 Å². The lowest BCUT2D eigenvalue weighted by atomic mass is 10.1. The average molecular weight is 289 g/mol. The van der Waals surface area contributed by atoms with Gasteiger partial charge in [0.1, 0.15) is 0 Å². The molecule has 1 aromatic carbocycles. The van der Waals surface area contributed by atoms with Gasteiger partial charge in [-0.25, -0.2) is 0 Å². The van der Waals surface area contributed by atoms with Crippen LogP contribution in [0, 0.1) is 0 Å². The predicted molar refractivity (Wildman–Crippen MR) is 78.1 cm³/mol. The number of aliphatic hydroxyl groups is 1. The van der Waals surface area contributed by atoms with Crippen LogP contribution in [0.25, 0.3) is 10.9 Å². The molecular formula is C15H19N3O3. The van der Waals surface area contributed by atoms with Crippen LogP contribution in [0.1, 0.15) is 23.3 Å². The molecule has 0 aliphatic carbocycles. The summed E-state index contributed by atoms with van der Waals surface area (Å²) in [5.74, 6) is -0.0342. The average Bonchev–Trinajstić information content (AvgIpc) is 2.97. The molecule has 0 saturated carbocycles. The zero-order valence-corrected chi connectivity index (χ0v) is 11.8. The minimum atomic E-state index is -0.0342. The molecule has 0 spiro atoms. The number of carbonyl (C=O) groups is 1. The van der Waals surface area contributed by atoms with Gasteiger partial charge in [-0.15, -0.1) is 0 Å². The number of para-hydroxylation sites is 1. The molecule has 1 fully saturated rings. The third kappa shape index (κ3) is 2.91. The zero-order chi connectivity index (χ0) is 14.7. The van der Waals surface area contributed by atoms with Gasteiger partial charge in [-0.1, -0.05) is 18.2 Å². The normalized spacial score (nSPS) is 16.5. The lowest BCUT2D eigenvalue weighted by Crippen LogP contribution is -2.41. The minimum absolute atomic E-state index is 0.0342. The second-order valence-corrected chi connectivity index (χ2v) is 5.20. The number of ether oxygens (including phenoxy) is 1. The summed E-state index contributed by atoms with van der Waals surface area (Å²) in [6, 6.07) is 7.64. The number of aliphatic hydroxyl groups excluding tert-OH is 1. The zero-order valence-electron chi connectivity index (χ0n) is 11.8. The number of piperidine rings is 1. The first-order valence-electron chi connectivity index (χ1n) is 7.24. The Morgan fingerprint density at radius 1 is 1.38 bits per heavy atom. The van der Waals surface area contributed by atoms with E-state index in [1.54, 1.807) is 0 Å². The smallest absolute Gasteiger partial charge is 0.274 e. The van der Waals surface area contributed by atoms with Gasteiger partial charge >= 0.3 is 0 Å². The Morgan fingerprint density at radius 2 is 2.14 bits per heavy atom. The monoisotopic (exact) mass is 289 g/mol. The number of amides is 1. The summed E-state index contributed by atoms with van der Waals surface area (Å²) in [6.45, 7) is 1.73. The molecule has 1 amide bonds. The second kappa shape index (κ2) is 6.24. The van der Waals surface area contributed by atoms with E-state index in [2.05, 4.69) is 10.2 Å². The molecule has 6 nitrogen and oxygen atoms in total. The number of nitrogens with zero attached hydrogens (tertiary/aromatic N) is 2. The van der Waals surface area contributed by atoms with Crippen molar-refractivity contribution in [3.05, 3.63) is 30.0 Å². The molecule has 0 unspecified atom stereocenters. The van der Waals surface area contributed by atoms with Gasteiger partial charge in [0.25, 0.3) is 5.91 Å². The first-order chi connectivity index (χ1) is 10.3. The third-order valence-corrected chi connectivity index (χ3v) is 3.85. The van der Waals surface area contributed by atoms with E-state index < -0.39 is 0 Å². The van der Waals surface area contributed by atoms with E-state index in [1.165, 1.54) is 0 Å². The van der Waals surface area contributed by atoms with Crippen molar-refractivity contribution < 1.29 is 14.6 Å². The molecular weight excluding hydrogens is 270 g/mol. The van der Waals surface area contributed by atoms with Crippen LogP contribution in [0.4, 0.5) is 0 Å². The van der Waals surface area contributed by atoms with E-state index in [4.69, 9.17) is 9.84 Å². The molecule has 2 N–H and O–H groups in total. The highest BCUT2D eigenvalue weighted by Crippen LogP contribution is 2.20. The number of hydrogen-bond acceptors (Lipinski definition) is 4. The Balaban J connectivity index is 1.67. The highest BCUT2D eigenvalue weighted by Gasteiger charge is 2.26. The first kappa shape index (κ1) is 14.0. The van der Waals surface area contributed by atoms with Crippen molar-refractivity contribution >= 4 is 16.8 Å². The summed E-state index contributed by atoms with van der Waals surface area (Å²) < 4.78 is 5.51. The molecule has 3 rings (SSSR count). The Morgan fingerprint density at radius 3 is 2.90 bits per heavy atom. The summed E-state index contributed by atoms with van der Waals surface area (Å²) in [5.41, 5.74) is 1.36. The standard InChI is InChI=1S/C15H19N3O3/c19-9-10-21-11-5-7-18(8-6-11)15(20)14-12-3-1-2-4-13(12)16-17-14/h1-4,11,19H,5-10H2,(H,16,17). The quantitative estimate of drug-likeness (QED) is 0.886. The van der Waals surface area contributed by atoms with Gasteiger partial charge in [0, 0.05) is 18.5 Å². The molecule has 0 atom stereocenters. The van der Waals surface area contributed by atoms with Crippen LogP contribution in [0.5, 0.6) is 0 Å². The minimum Gasteiger partial charge on any atom is -0.394 e. The molecule has 1 aliphatic heterocycles. The Labute approximate surface area is 122 Å². The van der Waals surface area contributed by atoms with E-state index in [0.29, 0.717) is 25.4 Å². The maximum absolute atomic E-state index is 12.6. The Kier molecular flexibility index (Phi) is 4.17. The Bertz CT molecular complexity index is 617. The van der Waals surface area contributed by atoms with Crippen LogP contribution in [0.3, 0.4) is 0 Å². The van der Waals surface area contributed by atoms with Crippen LogP contribution < -0.4 is 0 Å². The highest BCUT2D eigenvalue weighted by atomic mass is 16.5. The van der Waals surface area contributed by atoms with E-state index in [-0.39, 0.29) is 18.6 Å². The van der Waals surface area contributed by atoms with Crippen LogP contribution in [-0.4, -0.2) is 58.5 Å². The number of likely N-dealkylation sites (tertiary alicyclic amines) is 1. The van der Waals surface area contributed by atoms with Gasteiger partial charge in [0.2, 0.25) is 0 Å². The van der Waals surface area contributed by atoms with Crippen molar-refractivity contribution in [3.8, 4) is 0 Å². The van der Waals surface area contributed by atoms with Crippen LogP contribution >= 0.6 is 0 Å². The third-order valence-electron chi connectivity index (χ3n) is 3.85. The maximum Gasteiger partial charge on any atom is 0.274 e. The molecule has 6 heteroatoms. The summed E-state index contributed by atoms with van der Waals surface area (Å²) in [4.78, 5) is 14.4. The molecule has 21 heavy (non-hydrogen) atoms. The predicted octanol–water partition coefficient (Wildman–Crippen LogP) is 1.18. The number of nitrogens with one attached hydrogen (secondary N) is 1. The van der Waals surface area contributed by atoms with Crippen LogP contribution in [0.2, 0.25) is 0 Å². The number of aromatic amines is 1. The van der Waals surface area contributed by atoms with E-state index in [0.717, 1.165) is 23.7 Å². The summed E-state index contributed by atoms with van der Waals surface area (Å²) in [7, 11) is 0. The summed E-state index contributed by atoms with van der Waals surface area (Å²) in [6.07, 6.45) is 1.74. The van der Waals surface area contributed by atoms with Crippen molar-refractivity contribution in [2.75, 3.05) is 26.3 Å². The van der Waals surface area contributed by atoms with Gasteiger partial charge in [0.05, 0.1) is 24.8 Å². The fraction of sp³-hybridized carbons (Fsp3) is 0.467. The SMILES string of the molecule is O=C(c1n[nH]c2ccccc12)N1CCC(OCCO)CC1. The van der Waals surface area contributed by atoms with Crippen LogP contribution in [-0.2, 0) is 4.74 Å². The number of fused-ring (bicyclic) bond motifs is 1. The van der Waals surface area contributed by atoms with E-state index in [1.807, 2.05) is 29.2 Å². The molecule has 1 saturated heterocycles. The lowest BCUT2D eigenvalue weighted by molar-refractivity contribution is -0.00561. The molecule has 1 aromatic heterocycles. The molecule has 1 aliphatic rings. The number of rotatable bonds is 4. The molecule has 2 aromatic rings. The largest absolute Gasteiger partial charge is 0.394 e. The number of carbonyl (C=O) groups excluding carboxylic acids is 1. The maximum atomic E-state index is 12.6. The van der Waals surface area contributed by atoms with Gasteiger partial charge in [-0.3, -0.25) is 9.89 Å². The van der Waals surface area contributed by atoms with Gasteiger partial charge in [0.15, 0.2) is 5.69 Å². The molecule has 0 radical (unpaired) electrons. The number of hydrogen-bond donors (Lipinski definition) is 2. The van der Waals surface area contributed by atoms with E-state index >= 15 is 0 Å². The van der Waals surface area contributed by atoms with Crippen molar-refractivity contribution in [2.45, 2.75) is 18.9 Å². The second-order valence-electron chi connectivity index (χ2n) is 5.20. The lowest BCUT2D eigenvalue weighted by Gasteiger charge is -2.31. The number of aromatic nitrogens is 2. The van der Waals surface area contributed by atoms with Crippen molar-refractivity contribution in [1.29, 1.82) is 0 Å². The van der Waals surface area contributed by atoms with Crippen molar-refractivity contribution in [2.24, 2.45) is 0 Å². The fourth-order valence-electron chi connectivity index (χ4n) is 2.72.